The van der Waals surface area contributed by atoms with Gasteiger partial charge in [-0.25, -0.2) is 0 Å². The van der Waals surface area contributed by atoms with Crippen LogP contribution < -0.4 is 5.32 Å². The molecule has 6 heteroatoms. The van der Waals surface area contributed by atoms with Crippen LogP contribution >= 0.6 is 0 Å². The molecule has 6 nitrogen and oxygen atoms in total. The number of carbonyl (C=O) groups excluding carboxylic acids is 2. The number of nitrogens with zero attached hydrogens (tertiary/aromatic N) is 1. The van der Waals surface area contributed by atoms with E-state index in [1.54, 1.807) is 12.1 Å². The highest BCUT2D eigenvalue weighted by atomic mass is 16.5. The molecule has 1 N–H and O–H groups in total. The third-order valence-corrected chi connectivity index (χ3v) is 4.16. The first kappa shape index (κ1) is 15.1. The van der Waals surface area contributed by atoms with Gasteiger partial charge in [0.25, 0.3) is 5.91 Å². The van der Waals surface area contributed by atoms with Crippen molar-refractivity contribution in [2.75, 3.05) is 26.3 Å². The van der Waals surface area contributed by atoms with Gasteiger partial charge in [-0.15, -0.1) is 0 Å². The van der Waals surface area contributed by atoms with Crippen molar-refractivity contribution < 1.29 is 18.7 Å². The molecule has 0 bridgehead atoms. The number of carbonyl (C=O) groups is 2. The minimum atomic E-state index is -0.278. The van der Waals surface area contributed by atoms with Gasteiger partial charge < -0.3 is 19.4 Å². The third-order valence-electron chi connectivity index (χ3n) is 4.16. The molecule has 120 valence electrons. The lowest BCUT2D eigenvalue weighted by Gasteiger charge is -2.25. The quantitative estimate of drug-likeness (QED) is 0.827. The topological polar surface area (TPSA) is 71.8 Å². The van der Waals surface area contributed by atoms with Gasteiger partial charge in [-0.3, -0.25) is 9.59 Å². The van der Waals surface area contributed by atoms with Gasteiger partial charge in [0, 0.05) is 38.1 Å². The highest BCUT2D eigenvalue weighted by Crippen LogP contribution is 2.29. The molecule has 1 aliphatic carbocycles. The number of amides is 2. The van der Waals surface area contributed by atoms with Crippen molar-refractivity contribution in [3.8, 4) is 0 Å². The Balaban J connectivity index is 1.43. The highest BCUT2D eigenvalue weighted by Gasteiger charge is 2.34. The molecule has 0 spiro atoms. The summed E-state index contributed by atoms with van der Waals surface area (Å²) >= 11 is 0. The van der Waals surface area contributed by atoms with Crippen LogP contribution in [-0.4, -0.2) is 49.1 Å². The highest BCUT2D eigenvalue weighted by molar-refractivity contribution is 5.91. The first-order valence-electron chi connectivity index (χ1n) is 7.93. The minimum Gasteiger partial charge on any atom is -0.459 e. The molecule has 22 heavy (non-hydrogen) atoms. The van der Waals surface area contributed by atoms with Crippen LogP contribution in [0.4, 0.5) is 0 Å². The summed E-state index contributed by atoms with van der Waals surface area (Å²) in [5.74, 6) is 0.575. The number of hydrogen-bond acceptors (Lipinski definition) is 4. The van der Waals surface area contributed by atoms with Crippen LogP contribution in [0, 0.1) is 5.92 Å². The van der Waals surface area contributed by atoms with Gasteiger partial charge in [-0.05, 0) is 31.4 Å². The van der Waals surface area contributed by atoms with E-state index < -0.39 is 0 Å². The van der Waals surface area contributed by atoms with Crippen LogP contribution in [0.1, 0.15) is 36.2 Å². The van der Waals surface area contributed by atoms with Crippen molar-refractivity contribution in [1.82, 2.24) is 10.2 Å². The molecule has 1 aromatic rings. The molecule has 1 saturated carbocycles. The molecule has 1 aliphatic heterocycles. The Kier molecular flexibility index (Phi) is 4.77. The summed E-state index contributed by atoms with van der Waals surface area (Å²) in [6.07, 6.45) is 5.01. The summed E-state index contributed by atoms with van der Waals surface area (Å²) in [6.45, 7) is 2.68. The summed E-state index contributed by atoms with van der Waals surface area (Å²) < 4.78 is 10.4. The first-order valence-corrected chi connectivity index (χ1v) is 7.93. The lowest BCUT2D eigenvalue weighted by molar-refractivity contribution is -0.132. The Morgan fingerprint density at radius 1 is 1.32 bits per heavy atom. The average molecular weight is 306 g/mol. The summed E-state index contributed by atoms with van der Waals surface area (Å²) in [5.41, 5.74) is 0. The predicted molar refractivity (Wildman–Crippen MR) is 79.3 cm³/mol. The van der Waals surface area contributed by atoms with E-state index in [1.165, 1.54) is 6.26 Å². The zero-order valence-electron chi connectivity index (χ0n) is 12.6. The lowest BCUT2D eigenvalue weighted by Crippen LogP contribution is -2.39. The molecule has 1 atom stereocenters. The molecule has 2 heterocycles. The second kappa shape index (κ2) is 6.96. The van der Waals surface area contributed by atoms with Crippen molar-refractivity contribution in [2.24, 2.45) is 5.92 Å². The van der Waals surface area contributed by atoms with E-state index >= 15 is 0 Å². The molecular weight excluding hydrogens is 284 g/mol. The van der Waals surface area contributed by atoms with E-state index in [0.29, 0.717) is 24.9 Å². The molecule has 0 radical (unpaired) electrons. The number of rotatable bonds is 7. The predicted octanol–water partition coefficient (Wildman–Crippen LogP) is 1.43. The van der Waals surface area contributed by atoms with Gasteiger partial charge in [0.05, 0.1) is 12.9 Å². The lowest BCUT2D eigenvalue weighted by atomic mass is 10.1. The fourth-order valence-electron chi connectivity index (χ4n) is 2.77. The van der Waals surface area contributed by atoms with E-state index in [9.17, 15) is 9.59 Å². The maximum absolute atomic E-state index is 12.4. The Bertz CT molecular complexity index is 504. The Morgan fingerprint density at radius 2 is 2.18 bits per heavy atom. The van der Waals surface area contributed by atoms with Crippen molar-refractivity contribution in [3.63, 3.8) is 0 Å². The van der Waals surface area contributed by atoms with Gasteiger partial charge in [-0.1, -0.05) is 0 Å². The SMILES string of the molecule is O=C(NCCC(=O)N(C[C@@H]1CCOC1)C1CC1)c1ccco1. The molecule has 3 rings (SSSR count). The molecule has 1 saturated heterocycles. The molecule has 2 aliphatic rings. The first-order chi connectivity index (χ1) is 10.7. The Morgan fingerprint density at radius 3 is 2.82 bits per heavy atom. The number of furan rings is 1. The second-order valence-corrected chi connectivity index (χ2v) is 5.99. The maximum atomic E-state index is 12.4. The fraction of sp³-hybridized carbons (Fsp3) is 0.625. The number of nitrogens with one attached hydrogen (secondary N) is 1. The Labute approximate surface area is 129 Å². The van der Waals surface area contributed by atoms with Crippen LogP contribution in [-0.2, 0) is 9.53 Å². The van der Waals surface area contributed by atoms with Crippen molar-refractivity contribution in [2.45, 2.75) is 31.7 Å². The molecule has 2 fully saturated rings. The summed E-state index contributed by atoms with van der Waals surface area (Å²) in [5, 5.41) is 2.72. The summed E-state index contributed by atoms with van der Waals surface area (Å²) in [6, 6.07) is 3.67. The monoisotopic (exact) mass is 306 g/mol. The van der Waals surface area contributed by atoms with Crippen LogP contribution in [0.15, 0.2) is 22.8 Å². The molecule has 2 amide bonds. The molecule has 0 unspecified atom stereocenters. The van der Waals surface area contributed by atoms with Gasteiger partial charge in [0.1, 0.15) is 0 Å². The maximum Gasteiger partial charge on any atom is 0.286 e. The van der Waals surface area contributed by atoms with E-state index in [1.807, 2.05) is 4.90 Å². The van der Waals surface area contributed by atoms with Crippen molar-refractivity contribution >= 4 is 11.8 Å². The third kappa shape index (κ3) is 3.88. The van der Waals surface area contributed by atoms with Crippen LogP contribution in [0.3, 0.4) is 0 Å². The second-order valence-electron chi connectivity index (χ2n) is 5.99. The minimum absolute atomic E-state index is 0.120. The van der Waals surface area contributed by atoms with Gasteiger partial charge >= 0.3 is 0 Å². The van der Waals surface area contributed by atoms with Crippen molar-refractivity contribution in [1.29, 1.82) is 0 Å². The Hall–Kier alpha value is -1.82. The summed E-state index contributed by atoms with van der Waals surface area (Å²) in [4.78, 5) is 26.1. The van der Waals surface area contributed by atoms with Crippen LogP contribution in [0.2, 0.25) is 0 Å². The van der Waals surface area contributed by atoms with Gasteiger partial charge in [-0.2, -0.15) is 0 Å². The standard InChI is InChI=1S/C16H22N2O4/c19-15(5-7-17-16(20)14-2-1-8-22-14)18(13-3-4-13)10-12-6-9-21-11-12/h1-2,8,12-13H,3-7,9-11H2,(H,17,20)/t12-/m0/s1. The normalized spacial score (nSPS) is 20.8. The zero-order chi connectivity index (χ0) is 15.4. The number of hydrogen-bond donors (Lipinski definition) is 1. The number of ether oxygens (including phenoxy) is 1. The summed E-state index contributed by atoms with van der Waals surface area (Å²) in [7, 11) is 0. The molecular formula is C16H22N2O4. The van der Waals surface area contributed by atoms with Crippen molar-refractivity contribution in [3.05, 3.63) is 24.2 Å². The zero-order valence-corrected chi connectivity index (χ0v) is 12.6. The fourth-order valence-corrected chi connectivity index (χ4v) is 2.77. The van der Waals surface area contributed by atoms with Gasteiger partial charge in [0.2, 0.25) is 5.91 Å². The van der Waals surface area contributed by atoms with E-state index in [2.05, 4.69) is 5.32 Å². The largest absolute Gasteiger partial charge is 0.459 e. The van der Waals surface area contributed by atoms with E-state index in [0.717, 1.165) is 39.0 Å². The van der Waals surface area contributed by atoms with Crippen LogP contribution in [0.5, 0.6) is 0 Å². The van der Waals surface area contributed by atoms with Gasteiger partial charge in [0.15, 0.2) is 5.76 Å². The smallest absolute Gasteiger partial charge is 0.286 e. The van der Waals surface area contributed by atoms with Crippen LogP contribution in [0.25, 0.3) is 0 Å². The molecule has 1 aromatic heterocycles. The van der Waals surface area contributed by atoms with E-state index in [4.69, 9.17) is 9.15 Å². The average Bonchev–Trinajstić information content (AvgIpc) is 3.02. The van der Waals surface area contributed by atoms with E-state index in [-0.39, 0.29) is 17.6 Å². The molecule has 0 aromatic carbocycles.